The van der Waals surface area contributed by atoms with Gasteiger partial charge >= 0.3 is 5.97 Å². The lowest BCUT2D eigenvalue weighted by atomic mass is 9.87. The highest BCUT2D eigenvalue weighted by Gasteiger charge is 2.28. The van der Waals surface area contributed by atoms with Gasteiger partial charge in [-0.1, -0.05) is 12.1 Å². The molecule has 1 saturated carbocycles. The van der Waals surface area contributed by atoms with E-state index in [9.17, 15) is 9.90 Å². The van der Waals surface area contributed by atoms with Gasteiger partial charge < -0.3 is 9.84 Å². The number of aliphatic carboxylic acids is 1. The van der Waals surface area contributed by atoms with Crippen LogP contribution in [0.25, 0.3) is 11.4 Å². The maximum atomic E-state index is 11.3. The largest absolute Gasteiger partial charge is 0.489 e. The first-order chi connectivity index (χ1) is 15.0. The van der Waals surface area contributed by atoms with E-state index < -0.39 is 5.97 Å². The molecule has 1 aliphatic carbocycles. The minimum Gasteiger partial charge on any atom is -0.489 e. The summed E-state index contributed by atoms with van der Waals surface area (Å²) in [6.07, 6.45) is 6.24. The summed E-state index contributed by atoms with van der Waals surface area (Å²) in [5.41, 5.74) is 2.19. The van der Waals surface area contributed by atoms with E-state index in [1.165, 1.54) is 0 Å². The monoisotopic (exact) mass is 426 g/mol. The van der Waals surface area contributed by atoms with E-state index in [1.807, 2.05) is 19.2 Å². The van der Waals surface area contributed by atoms with Crippen molar-refractivity contribution in [3.8, 4) is 17.1 Å². The van der Waals surface area contributed by atoms with Gasteiger partial charge in [0.25, 0.3) is 0 Å². The van der Waals surface area contributed by atoms with Gasteiger partial charge in [-0.3, -0.25) is 9.78 Å². The Hall–Kier alpha value is -3.37. The first-order valence-corrected chi connectivity index (χ1v) is 10.5. The summed E-state index contributed by atoms with van der Waals surface area (Å²) < 4.78 is 9.45. The number of carboxylic acids is 1. The van der Waals surface area contributed by atoms with E-state index >= 15 is 0 Å². The van der Waals surface area contributed by atoms with Crippen molar-refractivity contribution < 1.29 is 14.6 Å². The zero-order chi connectivity index (χ0) is 21.8. The normalized spacial score (nSPS) is 18.8. The maximum Gasteiger partial charge on any atom is 0.306 e. The molecule has 0 unspecified atom stereocenters. The molecule has 1 aliphatic rings. The second kappa shape index (κ2) is 9.19. The number of tetrazole rings is 1. The summed E-state index contributed by atoms with van der Waals surface area (Å²) in [6.45, 7) is 2.53. The SMILES string of the molecule is CCCc1nnnn1Cc1c(-c2ccc(O[C@H]3CCC[C@H](C(=O)O)C3)cn2)nnn1C. The van der Waals surface area contributed by atoms with Crippen LogP contribution >= 0.6 is 0 Å². The van der Waals surface area contributed by atoms with Crippen molar-refractivity contribution in [2.75, 3.05) is 0 Å². The predicted octanol–water partition coefficient (Wildman–Crippen LogP) is 1.89. The van der Waals surface area contributed by atoms with Gasteiger partial charge in [0, 0.05) is 13.5 Å². The molecule has 0 bridgehead atoms. The lowest BCUT2D eigenvalue weighted by molar-refractivity contribution is -0.143. The molecule has 164 valence electrons. The third-order valence-corrected chi connectivity index (χ3v) is 5.58. The standard InChI is InChI=1S/C20H26N8O3/c1-3-5-18-22-24-26-28(18)12-17-19(23-25-27(17)2)16-9-8-15(11-21-16)31-14-7-4-6-13(10-14)20(29)30/h8-9,11,13-14H,3-7,10,12H2,1-2H3,(H,29,30)/t13-,14-/m0/s1. The molecule has 0 saturated heterocycles. The highest BCUT2D eigenvalue weighted by molar-refractivity contribution is 5.70. The van der Waals surface area contributed by atoms with E-state index in [0.29, 0.717) is 36.5 Å². The number of nitrogens with zero attached hydrogens (tertiary/aromatic N) is 8. The molecule has 31 heavy (non-hydrogen) atoms. The molecule has 3 aromatic rings. The summed E-state index contributed by atoms with van der Waals surface area (Å²) in [5.74, 6) is 0.355. The number of rotatable bonds is 8. The van der Waals surface area contributed by atoms with Crippen LogP contribution in [0, 0.1) is 5.92 Å². The topological polar surface area (TPSA) is 134 Å². The molecular formula is C20H26N8O3. The van der Waals surface area contributed by atoms with Crippen molar-refractivity contribution in [3.05, 3.63) is 29.8 Å². The Morgan fingerprint density at radius 1 is 1.26 bits per heavy atom. The Balaban J connectivity index is 1.48. The molecule has 11 heteroatoms. The van der Waals surface area contributed by atoms with Crippen LogP contribution in [-0.2, 0) is 24.8 Å². The number of aryl methyl sites for hydroxylation is 2. The lowest BCUT2D eigenvalue weighted by Crippen LogP contribution is -2.29. The first kappa shape index (κ1) is 20.9. The van der Waals surface area contributed by atoms with Gasteiger partial charge in [0.15, 0.2) is 5.82 Å². The van der Waals surface area contributed by atoms with Gasteiger partial charge in [-0.2, -0.15) is 0 Å². The zero-order valence-corrected chi connectivity index (χ0v) is 17.7. The van der Waals surface area contributed by atoms with Crippen molar-refractivity contribution in [1.29, 1.82) is 0 Å². The number of pyridine rings is 1. The molecule has 2 atom stereocenters. The molecule has 4 rings (SSSR count). The van der Waals surface area contributed by atoms with Gasteiger partial charge in [0.05, 0.1) is 36.2 Å². The van der Waals surface area contributed by atoms with E-state index in [1.54, 1.807) is 15.6 Å². The molecular weight excluding hydrogens is 400 g/mol. The Kier molecular flexibility index (Phi) is 6.19. The van der Waals surface area contributed by atoms with Crippen molar-refractivity contribution in [3.63, 3.8) is 0 Å². The summed E-state index contributed by atoms with van der Waals surface area (Å²) in [6, 6.07) is 3.68. The highest BCUT2D eigenvalue weighted by atomic mass is 16.5. The second-order valence-corrected chi connectivity index (χ2v) is 7.83. The van der Waals surface area contributed by atoms with Crippen LogP contribution in [0.5, 0.6) is 5.75 Å². The van der Waals surface area contributed by atoms with Crippen molar-refractivity contribution in [2.24, 2.45) is 13.0 Å². The lowest BCUT2D eigenvalue weighted by Gasteiger charge is -2.27. The van der Waals surface area contributed by atoms with Crippen LogP contribution in [0.15, 0.2) is 18.3 Å². The average molecular weight is 426 g/mol. The molecule has 1 N–H and O–H groups in total. The van der Waals surface area contributed by atoms with Gasteiger partial charge in [-0.15, -0.1) is 10.2 Å². The Labute approximate surface area is 179 Å². The summed E-state index contributed by atoms with van der Waals surface area (Å²) in [5, 5.41) is 29.6. The van der Waals surface area contributed by atoms with E-state index in [2.05, 4.69) is 37.7 Å². The smallest absolute Gasteiger partial charge is 0.306 e. The van der Waals surface area contributed by atoms with Crippen LogP contribution in [0.1, 0.15) is 50.5 Å². The Morgan fingerprint density at radius 3 is 2.87 bits per heavy atom. The molecule has 0 amide bonds. The van der Waals surface area contributed by atoms with E-state index in [4.69, 9.17) is 4.74 Å². The summed E-state index contributed by atoms with van der Waals surface area (Å²) in [4.78, 5) is 15.8. The fourth-order valence-electron chi connectivity index (χ4n) is 3.90. The van der Waals surface area contributed by atoms with Crippen LogP contribution in [0.4, 0.5) is 0 Å². The first-order valence-electron chi connectivity index (χ1n) is 10.5. The van der Waals surface area contributed by atoms with Crippen molar-refractivity contribution >= 4 is 5.97 Å². The van der Waals surface area contributed by atoms with Crippen LogP contribution in [0.3, 0.4) is 0 Å². The van der Waals surface area contributed by atoms with Crippen LogP contribution in [0.2, 0.25) is 0 Å². The molecule has 0 spiro atoms. The van der Waals surface area contributed by atoms with Crippen LogP contribution in [-0.4, -0.2) is 57.4 Å². The fraction of sp³-hybridized carbons (Fsp3) is 0.550. The van der Waals surface area contributed by atoms with Gasteiger partial charge in [0.2, 0.25) is 0 Å². The molecule has 0 radical (unpaired) electrons. The van der Waals surface area contributed by atoms with Crippen molar-refractivity contribution in [1.82, 2.24) is 40.2 Å². The highest BCUT2D eigenvalue weighted by Crippen LogP contribution is 2.29. The van der Waals surface area contributed by atoms with Gasteiger partial charge in [-0.05, 0) is 54.7 Å². The van der Waals surface area contributed by atoms with Gasteiger partial charge in [0.1, 0.15) is 11.4 Å². The molecule has 1 fully saturated rings. The molecule has 3 aromatic heterocycles. The van der Waals surface area contributed by atoms with E-state index in [0.717, 1.165) is 37.2 Å². The summed E-state index contributed by atoms with van der Waals surface area (Å²) >= 11 is 0. The minimum absolute atomic E-state index is 0.105. The molecule has 0 aromatic carbocycles. The van der Waals surface area contributed by atoms with Gasteiger partial charge in [-0.25, -0.2) is 9.36 Å². The minimum atomic E-state index is -0.748. The fourth-order valence-corrected chi connectivity index (χ4v) is 3.90. The average Bonchev–Trinajstić information content (AvgIpc) is 3.36. The zero-order valence-electron chi connectivity index (χ0n) is 17.7. The molecule has 11 nitrogen and oxygen atoms in total. The predicted molar refractivity (Wildman–Crippen MR) is 109 cm³/mol. The number of ether oxygens (including phenoxy) is 1. The number of carboxylic acid groups (broad SMARTS) is 1. The molecule has 3 heterocycles. The quantitative estimate of drug-likeness (QED) is 0.573. The third kappa shape index (κ3) is 4.70. The number of carbonyl (C=O) groups is 1. The second-order valence-electron chi connectivity index (χ2n) is 7.83. The summed E-state index contributed by atoms with van der Waals surface area (Å²) in [7, 11) is 1.83. The van der Waals surface area contributed by atoms with Crippen molar-refractivity contribution in [2.45, 2.75) is 58.1 Å². The van der Waals surface area contributed by atoms with Crippen LogP contribution < -0.4 is 4.74 Å². The number of aromatic nitrogens is 8. The Morgan fingerprint density at radius 2 is 2.13 bits per heavy atom. The third-order valence-electron chi connectivity index (χ3n) is 5.58. The maximum absolute atomic E-state index is 11.3. The number of hydrogen-bond acceptors (Lipinski definition) is 8. The number of hydrogen-bond donors (Lipinski definition) is 1. The van der Waals surface area contributed by atoms with E-state index in [-0.39, 0.29) is 12.0 Å². The Bertz CT molecular complexity index is 1030. The molecule has 0 aliphatic heterocycles.